The molecule has 110 valence electrons. The van der Waals surface area contributed by atoms with Crippen molar-refractivity contribution < 1.29 is 9.66 Å². The number of benzene rings is 1. The van der Waals surface area contributed by atoms with E-state index in [4.69, 9.17) is 4.74 Å². The summed E-state index contributed by atoms with van der Waals surface area (Å²) in [6.45, 7) is 0. The van der Waals surface area contributed by atoms with Gasteiger partial charge in [-0.2, -0.15) is 0 Å². The number of nitro groups is 1. The molecule has 1 heterocycles. The largest absolute Gasteiger partial charge is 0.490 e. The number of ether oxygens (including phenoxy) is 1. The first-order valence-electron chi connectivity index (χ1n) is 7.18. The molecule has 1 aliphatic rings. The zero-order valence-corrected chi connectivity index (χ0v) is 12.5. The molecule has 5 heteroatoms. The molecule has 0 saturated heterocycles. The smallest absolute Gasteiger partial charge is 0.269 e. The third-order valence-electron chi connectivity index (χ3n) is 3.76. The highest BCUT2D eigenvalue weighted by Gasteiger charge is 2.17. The van der Waals surface area contributed by atoms with E-state index in [0.717, 1.165) is 30.6 Å². The third-order valence-corrected chi connectivity index (χ3v) is 4.68. The Balaban J connectivity index is 1.62. The molecule has 4 nitrogen and oxygen atoms in total. The van der Waals surface area contributed by atoms with Crippen molar-refractivity contribution in [1.29, 1.82) is 0 Å². The Hall–Kier alpha value is -1.88. The van der Waals surface area contributed by atoms with Crippen molar-refractivity contribution in [2.45, 2.75) is 38.2 Å². The van der Waals surface area contributed by atoms with E-state index in [1.807, 2.05) is 12.1 Å². The minimum Gasteiger partial charge on any atom is -0.490 e. The topological polar surface area (TPSA) is 52.4 Å². The van der Waals surface area contributed by atoms with Crippen LogP contribution in [-0.4, -0.2) is 11.0 Å². The maximum absolute atomic E-state index is 10.6. The van der Waals surface area contributed by atoms with Gasteiger partial charge >= 0.3 is 0 Å². The molecule has 1 saturated carbocycles. The maximum Gasteiger partial charge on any atom is 0.269 e. The van der Waals surface area contributed by atoms with Crippen LogP contribution in [-0.2, 0) is 6.42 Å². The van der Waals surface area contributed by atoms with Gasteiger partial charge < -0.3 is 4.74 Å². The Morgan fingerprint density at radius 2 is 1.95 bits per heavy atom. The fourth-order valence-electron chi connectivity index (χ4n) is 2.65. The molecule has 0 spiro atoms. The summed E-state index contributed by atoms with van der Waals surface area (Å²) in [5, 5.41) is 12.7. The Labute approximate surface area is 127 Å². The molecule has 0 amide bonds. The zero-order valence-electron chi connectivity index (χ0n) is 11.7. The Morgan fingerprint density at radius 3 is 2.62 bits per heavy atom. The predicted molar refractivity (Wildman–Crippen MR) is 83.1 cm³/mol. The van der Waals surface area contributed by atoms with E-state index in [2.05, 4.69) is 11.4 Å². The lowest BCUT2D eigenvalue weighted by Crippen LogP contribution is -2.09. The zero-order chi connectivity index (χ0) is 14.7. The predicted octanol–water partition coefficient (Wildman–Crippen LogP) is 4.57. The van der Waals surface area contributed by atoms with Crippen LogP contribution < -0.4 is 4.74 Å². The number of hydrogen-bond donors (Lipinski definition) is 0. The minimum atomic E-state index is -0.373. The molecule has 21 heavy (non-hydrogen) atoms. The summed E-state index contributed by atoms with van der Waals surface area (Å²) in [6.07, 6.45) is 6.03. The van der Waals surface area contributed by atoms with Crippen molar-refractivity contribution in [1.82, 2.24) is 0 Å². The van der Waals surface area contributed by atoms with Crippen molar-refractivity contribution in [2.75, 3.05) is 0 Å². The quantitative estimate of drug-likeness (QED) is 0.600. The molecular weight excluding hydrogens is 286 g/mol. The van der Waals surface area contributed by atoms with Crippen molar-refractivity contribution in [3.8, 4) is 5.75 Å². The van der Waals surface area contributed by atoms with Crippen LogP contribution in [0.25, 0.3) is 0 Å². The van der Waals surface area contributed by atoms with E-state index < -0.39 is 0 Å². The first-order chi connectivity index (χ1) is 10.2. The molecule has 0 atom stereocenters. The second kappa shape index (κ2) is 6.26. The van der Waals surface area contributed by atoms with Gasteiger partial charge in [0.25, 0.3) is 5.69 Å². The monoisotopic (exact) mass is 303 g/mol. The number of nitrogens with zero attached hydrogens (tertiary/aromatic N) is 1. The number of rotatable bonds is 5. The van der Waals surface area contributed by atoms with E-state index >= 15 is 0 Å². The fourth-order valence-corrected chi connectivity index (χ4v) is 3.48. The fraction of sp³-hybridized carbons (Fsp3) is 0.375. The molecule has 1 aliphatic carbocycles. The van der Waals surface area contributed by atoms with Gasteiger partial charge in [-0.05, 0) is 37.3 Å². The number of hydrogen-bond acceptors (Lipinski definition) is 4. The highest BCUT2D eigenvalue weighted by atomic mass is 32.1. The van der Waals surface area contributed by atoms with Crippen molar-refractivity contribution in [3.63, 3.8) is 0 Å². The van der Waals surface area contributed by atoms with Gasteiger partial charge in [-0.25, -0.2) is 0 Å². The minimum absolute atomic E-state index is 0.134. The van der Waals surface area contributed by atoms with Gasteiger partial charge in [-0.3, -0.25) is 10.1 Å². The summed E-state index contributed by atoms with van der Waals surface area (Å²) in [4.78, 5) is 11.5. The average molecular weight is 303 g/mol. The summed E-state index contributed by atoms with van der Waals surface area (Å²) in [5.74, 6) is 0.962. The van der Waals surface area contributed by atoms with E-state index in [9.17, 15) is 10.1 Å². The lowest BCUT2D eigenvalue weighted by atomic mass is 10.1. The van der Waals surface area contributed by atoms with Gasteiger partial charge in [0.15, 0.2) is 0 Å². The second-order valence-corrected chi connectivity index (χ2v) is 6.37. The summed E-state index contributed by atoms with van der Waals surface area (Å²) < 4.78 is 5.97. The summed E-state index contributed by atoms with van der Waals surface area (Å²) in [6, 6.07) is 8.83. The highest BCUT2D eigenvalue weighted by molar-refractivity contribution is 7.10. The molecule has 1 aromatic heterocycles. The van der Waals surface area contributed by atoms with Gasteiger partial charge in [-0.1, -0.05) is 12.1 Å². The molecule has 0 N–H and O–H groups in total. The van der Waals surface area contributed by atoms with E-state index in [1.54, 1.807) is 23.5 Å². The first-order valence-corrected chi connectivity index (χ1v) is 8.06. The Kier molecular flexibility index (Phi) is 4.20. The van der Waals surface area contributed by atoms with Crippen LogP contribution >= 0.6 is 11.3 Å². The first kappa shape index (κ1) is 14.1. The van der Waals surface area contributed by atoms with Crippen LogP contribution in [0.5, 0.6) is 5.75 Å². The van der Waals surface area contributed by atoms with E-state index in [-0.39, 0.29) is 10.6 Å². The Morgan fingerprint density at radius 1 is 1.24 bits per heavy atom. The normalized spacial score (nSPS) is 15.2. The molecule has 0 unspecified atom stereocenters. The Bertz CT molecular complexity index is 615. The van der Waals surface area contributed by atoms with Gasteiger partial charge in [0.1, 0.15) is 5.75 Å². The van der Waals surface area contributed by atoms with Gasteiger partial charge in [0, 0.05) is 28.8 Å². The number of non-ortho nitro benzene ring substituents is 1. The lowest BCUT2D eigenvalue weighted by Gasteiger charge is -2.10. The van der Waals surface area contributed by atoms with Crippen LogP contribution in [0.2, 0.25) is 0 Å². The summed E-state index contributed by atoms with van der Waals surface area (Å²) in [5.41, 5.74) is 1.21. The van der Waals surface area contributed by atoms with Crippen LogP contribution in [0.15, 0.2) is 35.7 Å². The SMILES string of the molecule is O=[N+]([O-])c1ccc(Cc2cc(OC3CCCC3)cs2)cc1. The maximum atomic E-state index is 10.6. The average Bonchev–Trinajstić information content (AvgIpc) is 3.12. The van der Waals surface area contributed by atoms with Crippen molar-refractivity contribution in [3.05, 3.63) is 56.3 Å². The number of nitro benzene ring substituents is 1. The van der Waals surface area contributed by atoms with Crippen LogP contribution in [0.1, 0.15) is 36.1 Å². The standard InChI is InChI=1S/C16H17NO3S/c18-17(19)13-7-5-12(6-8-13)9-16-10-15(11-21-16)20-14-3-1-2-4-14/h5-8,10-11,14H,1-4,9H2. The molecule has 1 fully saturated rings. The lowest BCUT2D eigenvalue weighted by molar-refractivity contribution is -0.384. The van der Waals surface area contributed by atoms with E-state index in [1.165, 1.54) is 17.7 Å². The molecule has 0 radical (unpaired) electrons. The van der Waals surface area contributed by atoms with Crippen LogP contribution in [0, 0.1) is 10.1 Å². The van der Waals surface area contributed by atoms with Gasteiger partial charge in [0.05, 0.1) is 11.0 Å². The molecule has 0 bridgehead atoms. The third kappa shape index (κ3) is 3.61. The molecule has 3 rings (SSSR count). The van der Waals surface area contributed by atoms with E-state index in [0.29, 0.717) is 6.10 Å². The van der Waals surface area contributed by atoms with Gasteiger partial charge in [0.2, 0.25) is 0 Å². The molecular formula is C16H17NO3S. The van der Waals surface area contributed by atoms with Crippen molar-refractivity contribution in [2.24, 2.45) is 0 Å². The molecule has 1 aromatic carbocycles. The summed E-state index contributed by atoms with van der Waals surface area (Å²) >= 11 is 1.68. The highest BCUT2D eigenvalue weighted by Crippen LogP contribution is 2.29. The molecule has 0 aliphatic heterocycles. The number of thiophene rings is 1. The van der Waals surface area contributed by atoms with Crippen LogP contribution in [0.4, 0.5) is 5.69 Å². The second-order valence-electron chi connectivity index (χ2n) is 5.37. The van der Waals surface area contributed by atoms with Crippen LogP contribution in [0.3, 0.4) is 0 Å². The van der Waals surface area contributed by atoms with Gasteiger partial charge in [-0.15, -0.1) is 11.3 Å². The summed E-state index contributed by atoms with van der Waals surface area (Å²) in [7, 11) is 0. The van der Waals surface area contributed by atoms with Crippen molar-refractivity contribution >= 4 is 17.0 Å². The molecule has 2 aromatic rings.